The Hall–Kier alpha value is -0.800. The highest BCUT2D eigenvalue weighted by molar-refractivity contribution is 5.20. The average Bonchev–Trinajstić information content (AvgIpc) is 2.82. The van der Waals surface area contributed by atoms with E-state index in [9.17, 15) is 0 Å². The molecule has 0 aromatic carbocycles. The van der Waals surface area contributed by atoms with E-state index in [4.69, 9.17) is 4.42 Å². The molecule has 1 aromatic rings. The lowest BCUT2D eigenvalue weighted by Gasteiger charge is -2.24. The zero-order chi connectivity index (χ0) is 12.4. The fourth-order valence-electron chi connectivity index (χ4n) is 2.73. The fraction of sp³-hybridized carbons (Fsp3) is 0.714. The van der Waals surface area contributed by atoms with Crippen molar-refractivity contribution in [1.82, 2.24) is 10.2 Å². The zero-order valence-electron chi connectivity index (χ0n) is 11.4. The van der Waals surface area contributed by atoms with Gasteiger partial charge in [0, 0.05) is 12.6 Å². The molecule has 3 heteroatoms. The van der Waals surface area contributed by atoms with E-state index in [-0.39, 0.29) is 0 Å². The lowest BCUT2D eigenvalue weighted by Crippen LogP contribution is -2.32. The van der Waals surface area contributed by atoms with E-state index in [1.54, 1.807) is 0 Å². The number of nitrogens with one attached hydrogen (secondary N) is 1. The average molecular weight is 236 g/mol. The maximum Gasteiger partial charge on any atom is 0.124 e. The summed E-state index contributed by atoms with van der Waals surface area (Å²) in [5.74, 6) is 1.81. The van der Waals surface area contributed by atoms with Crippen LogP contribution in [0.5, 0.6) is 0 Å². The van der Waals surface area contributed by atoms with Crippen molar-refractivity contribution in [2.75, 3.05) is 20.1 Å². The van der Waals surface area contributed by atoms with Crippen LogP contribution >= 0.6 is 0 Å². The second-order valence-electron chi connectivity index (χ2n) is 5.51. The molecule has 1 aromatic heterocycles. The molecule has 1 aliphatic heterocycles. The molecular formula is C14H24N2O. The summed E-state index contributed by atoms with van der Waals surface area (Å²) in [6.45, 7) is 8.78. The first-order chi connectivity index (χ1) is 8.09. The van der Waals surface area contributed by atoms with Crippen LogP contribution in [0.1, 0.15) is 37.6 Å². The van der Waals surface area contributed by atoms with Crippen molar-refractivity contribution >= 4 is 0 Å². The Bertz CT molecular complexity index is 359. The topological polar surface area (TPSA) is 28.4 Å². The molecule has 3 nitrogen and oxygen atoms in total. The van der Waals surface area contributed by atoms with E-state index in [0.29, 0.717) is 18.0 Å². The molecule has 1 saturated heterocycles. The maximum atomic E-state index is 5.69. The molecule has 1 N–H and O–H groups in total. The summed E-state index contributed by atoms with van der Waals surface area (Å²) in [5.41, 5.74) is 1.28. The van der Waals surface area contributed by atoms with Crippen LogP contribution in [0.3, 0.4) is 0 Å². The number of hydrogen-bond acceptors (Lipinski definition) is 3. The van der Waals surface area contributed by atoms with Gasteiger partial charge in [-0.05, 0) is 44.5 Å². The van der Waals surface area contributed by atoms with Crippen LogP contribution < -0.4 is 5.32 Å². The molecule has 2 atom stereocenters. The molecular weight excluding hydrogens is 212 g/mol. The Balaban J connectivity index is 2.09. The third kappa shape index (κ3) is 2.72. The summed E-state index contributed by atoms with van der Waals surface area (Å²) in [7, 11) is 2.20. The van der Waals surface area contributed by atoms with Crippen molar-refractivity contribution in [2.24, 2.45) is 5.92 Å². The standard InChI is InChI=1S/C14H24N2O/c1-10(2)15-9-12-5-7-16(4)13(12)14-11(3)6-8-17-14/h6,8,10,12-13,15H,5,7,9H2,1-4H3. The number of hydrogen-bond donors (Lipinski definition) is 1. The van der Waals surface area contributed by atoms with Crippen molar-refractivity contribution in [3.63, 3.8) is 0 Å². The molecule has 17 heavy (non-hydrogen) atoms. The quantitative estimate of drug-likeness (QED) is 0.871. The van der Waals surface area contributed by atoms with E-state index in [0.717, 1.165) is 18.8 Å². The van der Waals surface area contributed by atoms with Gasteiger partial charge in [-0.1, -0.05) is 13.8 Å². The number of aryl methyl sites for hydroxylation is 1. The van der Waals surface area contributed by atoms with Gasteiger partial charge in [-0.2, -0.15) is 0 Å². The Morgan fingerprint density at radius 3 is 2.88 bits per heavy atom. The molecule has 96 valence electrons. The molecule has 1 fully saturated rings. The van der Waals surface area contributed by atoms with E-state index in [1.165, 1.54) is 12.0 Å². The van der Waals surface area contributed by atoms with Gasteiger partial charge in [0.15, 0.2) is 0 Å². The Labute approximate surface area is 104 Å². The smallest absolute Gasteiger partial charge is 0.124 e. The predicted octanol–water partition coefficient (Wildman–Crippen LogP) is 2.58. The Morgan fingerprint density at radius 2 is 2.29 bits per heavy atom. The van der Waals surface area contributed by atoms with E-state index >= 15 is 0 Å². The Kier molecular flexibility index (Phi) is 3.89. The second-order valence-corrected chi connectivity index (χ2v) is 5.51. The lowest BCUT2D eigenvalue weighted by molar-refractivity contribution is 0.231. The summed E-state index contributed by atoms with van der Waals surface area (Å²) in [6, 6.07) is 3.06. The first-order valence-corrected chi connectivity index (χ1v) is 6.57. The molecule has 0 bridgehead atoms. The van der Waals surface area contributed by atoms with Crippen molar-refractivity contribution in [2.45, 2.75) is 39.3 Å². The monoisotopic (exact) mass is 236 g/mol. The van der Waals surface area contributed by atoms with Crippen LogP contribution in [0.15, 0.2) is 16.7 Å². The molecule has 2 rings (SSSR count). The third-order valence-corrected chi connectivity index (χ3v) is 3.73. The third-order valence-electron chi connectivity index (χ3n) is 3.73. The second kappa shape index (κ2) is 5.23. The highest BCUT2D eigenvalue weighted by Gasteiger charge is 2.35. The van der Waals surface area contributed by atoms with Gasteiger partial charge in [-0.3, -0.25) is 4.90 Å². The van der Waals surface area contributed by atoms with Gasteiger partial charge in [0.2, 0.25) is 0 Å². The van der Waals surface area contributed by atoms with E-state index in [1.807, 2.05) is 6.26 Å². The Morgan fingerprint density at radius 1 is 1.53 bits per heavy atom. The number of likely N-dealkylation sites (tertiary alicyclic amines) is 1. The molecule has 1 aliphatic rings. The molecule has 2 heterocycles. The molecule has 0 saturated carbocycles. The largest absolute Gasteiger partial charge is 0.467 e. The number of nitrogens with zero attached hydrogens (tertiary/aromatic N) is 1. The molecule has 0 radical (unpaired) electrons. The number of rotatable bonds is 4. The highest BCUT2D eigenvalue weighted by Crippen LogP contribution is 2.37. The van der Waals surface area contributed by atoms with Crippen molar-refractivity contribution in [1.29, 1.82) is 0 Å². The minimum absolute atomic E-state index is 0.441. The van der Waals surface area contributed by atoms with Crippen molar-refractivity contribution in [3.05, 3.63) is 23.7 Å². The van der Waals surface area contributed by atoms with Gasteiger partial charge < -0.3 is 9.73 Å². The summed E-state index contributed by atoms with van der Waals surface area (Å²) in [5, 5.41) is 3.55. The van der Waals surface area contributed by atoms with E-state index < -0.39 is 0 Å². The lowest BCUT2D eigenvalue weighted by atomic mass is 9.96. The SMILES string of the molecule is Cc1ccoc1C1C(CNC(C)C)CCN1C. The molecule has 0 aliphatic carbocycles. The summed E-state index contributed by atoms with van der Waals surface area (Å²) in [4.78, 5) is 2.42. The highest BCUT2D eigenvalue weighted by atomic mass is 16.3. The molecule has 0 spiro atoms. The van der Waals surface area contributed by atoms with Gasteiger partial charge >= 0.3 is 0 Å². The van der Waals surface area contributed by atoms with Gasteiger partial charge in [0.25, 0.3) is 0 Å². The van der Waals surface area contributed by atoms with Gasteiger partial charge in [0.1, 0.15) is 5.76 Å². The first-order valence-electron chi connectivity index (χ1n) is 6.57. The van der Waals surface area contributed by atoms with Crippen LogP contribution in [0.25, 0.3) is 0 Å². The van der Waals surface area contributed by atoms with Crippen molar-refractivity contribution < 1.29 is 4.42 Å². The van der Waals surface area contributed by atoms with Crippen LogP contribution in [0, 0.1) is 12.8 Å². The van der Waals surface area contributed by atoms with Gasteiger partial charge in [-0.25, -0.2) is 0 Å². The normalized spacial score (nSPS) is 25.9. The summed E-state index contributed by atoms with van der Waals surface area (Å²) in [6.07, 6.45) is 3.06. The van der Waals surface area contributed by atoms with Crippen LogP contribution in [0.2, 0.25) is 0 Å². The molecule has 0 amide bonds. The zero-order valence-corrected chi connectivity index (χ0v) is 11.4. The first kappa shape index (κ1) is 12.7. The maximum absolute atomic E-state index is 5.69. The van der Waals surface area contributed by atoms with Gasteiger partial charge in [-0.15, -0.1) is 0 Å². The van der Waals surface area contributed by atoms with Gasteiger partial charge in [0.05, 0.1) is 12.3 Å². The minimum Gasteiger partial charge on any atom is -0.467 e. The summed E-state index contributed by atoms with van der Waals surface area (Å²) >= 11 is 0. The minimum atomic E-state index is 0.441. The van der Waals surface area contributed by atoms with Crippen molar-refractivity contribution in [3.8, 4) is 0 Å². The van der Waals surface area contributed by atoms with E-state index in [2.05, 4.69) is 44.1 Å². The predicted molar refractivity (Wildman–Crippen MR) is 70.1 cm³/mol. The van der Waals surface area contributed by atoms with Crippen LogP contribution in [-0.2, 0) is 0 Å². The molecule has 2 unspecified atom stereocenters. The fourth-order valence-corrected chi connectivity index (χ4v) is 2.73. The van der Waals surface area contributed by atoms with Crippen LogP contribution in [-0.4, -0.2) is 31.1 Å². The van der Waals surface area contributed by atoms with Crippen LogP contribution in [0.4, 0.5) is 0 Å². The summed E-state index contributed by atoms with van der Waals surface area (Å²) < 4.78 is 5.69. The number of furan rings is 1.